The Morgan fingerprint density at radius 2 is 1.39 bits per heavy atom. The van der Waals surface area contributed by atoms with Gasteiger partial charge in [-0.1, -0.05) is 94.8 Å². The summed E-state index contributed by atoms with van der Waals surface area (Å²) >= 11 is 4.01. The monoisotopic (exact) mass is 766 g/mol. The molecule has 0 spiro atoms. The van der Waals surface area contributed by atoms with Crippen LogP contribution in [0.1, 0.15) is 97.9 Å². The van der Waals surface area contributed by atoms with Crippen LogP contribution < -0.4 is 0 Å². The van der Waals surface area contributed by atoms with Crippen LogP contribution in [0.15, 0.2) is 78.9 Å². The summed E-state index contributed by atoms with van der Waals surface area (Å²) < 4.78 is 31.7. The Kier molecular flexibility index (Phi) is 16.0. The Bertz CT molecular complexity index is 1500. The maximum atomic E-state index is 13.0. The van der Waals surface area contributed by atoms with Crippen LogP contribution in [-0.4, -0.2) is 57.2 Å². The van der Waals surface area contributed by atoms with E-state index in [2.05, 4.69) is 64.5 Å². The lowest BCUT2D eigenvalue weighted by Crippen LogP contribution is -2.29. The van der Waals surface area contributed by atoms with Crippen molar-refractivity contribution < 1.29 is 42.8 Å². The van der Waals surface area contributed by atoms with Crippen LogP contribution in [0.25, 0.3) is 0 Å². The topological polar surface area (TPSA) is 110 Å². The second-order valence-electron chi connectivity index (χ2n) is 13.6. The molecule has 10 heteroatoms. The van der Waals surface area contributed by atoms with Gasteiger partial charge in [-0.25, -0.2) is 4.79 Å². The van der Waals surface area contributed by atoms with Gasteiger partial charge in [0.1, 0.15) is 12.7 Å². The van der Waals surface area contributed by atoms with Gasteiger partial charge in [-0.05, 0) is 79.7 Å². The van der Waals surface area contributed by atoms with Crippen molar-refractivity contribution in [2.45, 2.75) is 89.4 Å². The normalized spacial score (nSPS) is 15.7. The zero-order valence-electron chi connectivity index (χ0n) is 30.1. The Hall–Kier alpha value is -3.73. The molecule has 0 radical (unpaired) electrons. The van der Waals surface area contributed by atoms with Crippen molar-refractivity contribution in [3.05, 3.63) is 107 Å². The van der Waals surface area contributed by atoms with E-state index in [1.165, 1.54) is 18.1 Å². The highest BCUT2D eigenvalue weighted by molar-refractivity contribution is 9.09. The van der Waals surface area contributed by atoms with Gasteiger partial charge in [0.25, 0.3) is 0 Å². The molecule has 0 amide bonds. The lowest BCUT2D eigenvalue weighted by atomic mass is 9.74. The molecule has 1 heterocycles. The largest absolute Gasteiger partial charge is 0.508 e. The molecule has 0 aromatic heterocycles. The van der Waals surface area contributed by atoms with E-state index >= 15 is 0 Å². The van der Waals surface area contributed by atoms with E-state index < -0.39 is 11.6 Å². The number of alkyl halides is 1. The van der Waals surface area contributed by atoms with Gasteiger partial charge in [0.15, 0.2) is 0 Å². The van der Waals surface area contributed by atoms with Crippen LogP contribution in [0, 0.1) is 5.41 Å². The van der Waals surface area contributed by atoms with Gasteiger partial charge in [0.2, 0.25) is 0 Å². The molecule has 1 fully saturated rings. The van der Waals surface area contributed by atoms with Gasteiger partial charge < -0.3 is 28.4 Å². The first kappa shape index (κ1) is 40.0. The summed E-state index contributed by atoms with van der Waals surface area (Å²) in [7, 11) is 0. The second kappa shape index (κ2) is 20.3. The minimum Gasteiger partial charge on any atom is -0.466 e. The summed E-state index contributed by atoms with van der Waals surface area (Å²) in [4.78, 5) is 36.1. The molecule has 0 N–H and O–H groups in total. The number of rotatable bonds is 21. The highest BCUT2D eigenvalue weighted by Crippen LogP contribution is 2.44. The first-order chi connectivity index (χ1) is 24.5. The van der Waals surface area contributed by atoms with Crippen LogP contribution in [0.5, 0.6) is 0 Å². The highest BCUT2D eigenvalue weighted by atomic mass is 79.9. The Morgan fingerprint density at radius 1 is 0.784 bits per heavy atom. The van der Waals surface area contributed by atoms with Crippen molar-refractivity contribution in [1.82, 2.24) is 0 Å². The number of carbonyl (C=O) groups is 3. The number of epoxide rings is 1. The maximum absolute atomic E-state index is 13.0. The summed E-state index contributed by atoms with van der Waals surface area (Å²) in [5, 5.41) is 0. The fraction of sp³-hybridized carbons (Fsp3) is 0.488. The van der Waals surface area contributed by atoms with Crippen molar-refractivity contribution in [3.63, 3.8) is 0 Å². The molecule has 276 valence electrons. The predicted molar refractivity (Wildman–Crippen MR) is 198 cm³/mol. The molecule has 0 saturated carbocycles. The molecule has 0 bridgehead atoms. The summed E-state index contributed by atoms with van der Waals surface area (Å²) in [6, 6.07) is 27.0. The van der Waals surface area contributed by atoms with Crippen molar-refractivity contribution >= 4 is 34.0 Å². The third kappa shape index (κ3) is 14.1. The Balaban J connectivity index is 1.49. The minimum atomic E-state index is -0.772. The van der Waals surface area contributed by atoms with E-state index in [4.69, 9.17) is 28.4 Å². The maximum Gasteiger partial charge on any atom is 0.508 e. The van der Waals surface area contributed by atoms with Gasteiger partial charge in [0, 0.05) is 18.2 Å². The van der Waals surface area contributed by atoms with Crippen molar-refractivity contribution in [2.75, 3.05) is 33.0 Å². The van der Waals surface area contributed by atoms with E-state index in [0.717, 1.165) is 36.1 Å². The Labute approximate surface area is 310 Å². The lowest BCUT2D eigenvalue weighted by Gasteiger charge is -2.31. The van der Waals surface area contributed by atoms with E-state index in [1.807, 2.05) is 51.1 Å². The van der Waals surface area contributed by atoms with Crippen LogP contribution in [0.4, 0.5) is 4.79 Å². The SMILES string of the molecule is CCOC(=O)C(C)(C)CC(CC(CC(Br)c1ccc(COCC2CO2)cc1)c1ccc(COC(=O)OCCCOC(C)=O)cc1)c1ccccc1. The quantitative estimate of drug-likeness (QED) is 0.0345. The summed E-state index contributed by atoms with van der Waals surface area (Å²) in [6.45, 7) is 9.74. The van der Waals surface area contributed by atoms with Gasteiger partial charge in [-0.15, -0.1) is 0 Å². The number of ether oxygens (including phenoxy) is 6. The zero-order valence-corrected chi connectivity index (χ0v) is 31.7. The summed E-state index contributed by atoms with van der Waals surface area (Å²) in [6.07, 6.45) is 2.12. The number of carbonyl (C=O) groups excluding carboxylic acids is 3. The minimum absolute atomic E-state index is 0.0684. The molecule has 51 heavy (non-hydrogen) atoms. The number of hydrogen-bond acceptors (Lipinski definition) is 9. The zero-order chi connectivity index (χ0) is 36.6. The molecule has 3 aromatic carbocycles. The molecule has 1 aliphatic heterocycles. The van der Waals surface area contributed by atoms with E-state index in [9.17, 15) is 14.4 Å². The predicted octanol–water partition coefficient (Wildman–Crippen LogP) is 8.97. The van der Waals surface area contributed by atoms with E-state index in [1.54, 1.807) is 0 Å². The molecule has 4 rings (SSSR count). The third-order valence-corrected chi connectivity index (χ3v) is 9.76. The van der Waals surface area contributed by atoms with Crippen LogP contribution >= 0.6 is 15.9 Å². The van der Waals surface area contributed by atoms with Crippen molar-refractivity contribution in [1.29, 1.82) is 0 Å². The Morgan fingerprint density at radius 3 is 2.02 bits per heavy atom. The molecule has 4 unspecified atom stereocenters. The average molecular weight is 768 g/mol. The van der Waals surface area contributed by atoms with E-state index in [0.29, 0.717) is 32.7 Å². The smallest absolute Gasteiger partial charge is 0.466 e. The molecule has 3 aromatic rings. The van der Waals surface area contributed by atoms with E-state index in [-0.39, 0.29) is 54.5 Å². The summed E-state index contributed by atoms with van der Waals surface area (Å²) in [5.41, 5.74) is 4.79. The number of halogens is 1. The van der Waals surface area contributed by atoms with Crippen LogP contribution in [-0.2, 0) is 51.2 Å². The van der Waals surface area contributed by atoms with Crippen LogP contribution in [0.3, 0.4) is 0 Å². The second-order valence-corrected chi connectivity index (χ2v) is 14.7. The van der Waals surface area contributed by atoms with Crippen molar-refractivity contribution in [2.24, 2.45) is 5.41 Å². The van der Waals surface area contributed by atoms with Gasteiger partial charge in [-0.3, -0.25) is 9.59 Å². The fourth-order valence-corrected chi connectivity index (χ4v) is 6.74. The fourth-order valence-electron chi connectivity index (χ4n) is 5.98. The van der Waals surface area contributed by atoms with Gasteiger partial charge in [0.05, 0.1) is 45.1 Å². The molecule has 4 atom stereocenters. The highest BCUT2D eigenvalue weighted by Gasteiger charge is 2.34. The molecule has 0 aliphatic carbocycles. The molecule has 1 saturated heterocycles. The van der Waals surface area contributed by atoms with Gasteiger partial charge in [-0.2, -0.15) is 0 Å². The standard InChI is InChI=1S/C41H51BrO9/c1-5-47-39(44)41(3,4)24-36(32-10-7-6-8-11-32)22-35(23-38(42)34-18-14-30(15-19-34)25-46-27-37-28-50-37)33-16-12-31(13-17-33)26-51-40(45)49-21-9-20-48-29(2)43/h6-8,10-19,35-38H,5,9,20-28H2,1-4H3. The lowest BCUT2D eigenvalue weighted by molar-refractivity contribution is -0.154. The first-order valence-corrected chi connectivity index (χ1v) is 18.6. The molecule has 9 nitrogen and oxygen atoms in total. The summed E-state index contributed by atoms with van der Waals surface area (Å²) in [5.74, 6) is -0.358. The first-order valence-electron chi connectivity index (χ1n) is 17.7. The number of esters is 2. The van der Waals surface area contributed by atoms with Crippen molar-refractivity contribution in [3.8, 4) is 0 Å². The average Bonchev–Trinajstić information content (AvgIpc) is 3.95. The number of benzene rings is 3. The molecule has 1 aliphatic rings. The molecular weight excluding hydrogens is 716 g/mol. The number of hydrogen-bond donors (Lipinski definition) is 0. The van der Waals surface area contributed by atoms with Crippen LogP contribution in [0.2, 0.25) is 0 Å². The third-order valence-electron chi connectivity index (χ3n) is 8.85. The molecular formula is C41H51BrO9. The van der Waals surface area contributed by atoms with Gasteiger partial charge >= 0.3 is 18.1 Å².